The Kier molecular flexibility index (Phi) is 3.61. The van der Waals surface area contributed by atoms with Crippen LogP contribution < -0.4 is 4.90 Å². The monoisotopic (exact) mass is 391 g/mol. The molecule has 0 N–H and O–H groups in total. The minimum atomic E-state index is -0.228. The van der Waals surface area contributed by atoms with E-state index in [1.165, 1.54) is 0 Å². The van der Waals surface area contributed by atoms with E-state index in [0.29, 0.717) is 5.02 Å². The molecule has 5 rings (SSSR count). The molecule has 4 heterocycles. The number of rotatable bonds is 2. The molecule has 0 bridgehead atoms. The predicted octanol–water partition coefficient (Wildman–Crippen LogP) is 4.09. The van der Waals surface area contributed by atoms with Gasteiger partial charge < -0.3 is 4.57 Å². The molecule has 7 heteroatoms. The number of carbonyl (C=O) groups excluding carboxylic acids is 1. The maximum absolute atomic E-state index is 13.4. The highest BCUT2D eigenvalue weighted by Gasteiger charge is 2.41. The fraction of sp³-hybridized carbons (Fsp3) is 0.190. The van der Waals surface area contributed by atoms with Crippen LogP contribution in [0.4, 0.5) is 5.69 Å². The second-order valence-electron chi connectivity index (χ2n) is 7.18. The summed E-state index contributed by atoms with van der Waals surface area (Å²) in [6.45, 7) is 3.89. The largest absolute Gasteiger partial charge is 0.352 e. The Bertz CT molecular complexity index is 1240. The van der Waals surface area contributed by atoms with Gasteiger partial charge >= 0.3 is 0 Å². The third-order valence-corrected chi connectivity index (χ3v) is 5.65. The molecular formula is C21H18ClN5O. The Morgan fingerprint density at radius 3 is 2.57 bits per heavy atom. The molecule has 4 aromatic rings. The van der Waals surface area contributed by atoms with Crippen molar-refractivity contribution in [3.8, 4) is 0 Å². The Morgan fingerprint density at radius 2 is 1.82 bits per heavy atom. The number of carbonyl (C=O) groups is 1. The van der Waals surface area contributed by atoms with E-state index in [1.807, 2.05) is 83.6 Å². The summed E-state index contributed by atoms with van der Waals surface area (Å²) in [7, 11) is 1.97. The van der Waals surface area contributed by atoms with Crippen LogP contribution in [-0.4, -0.2) is 25.1 Å². The van der Waals surface area contributed by atoms with Crippen LogP contribution >= 0.6 is 11.6 Å². The molecule has 1 aliphatic heterocycles. The van der Waals surface area contributed by atoms with Gasteiger partial charge in [-0.15, -0.1) is 10.2 Å². The molecule has 1 aliphatic rings. The number of aryl methyl sites for hydroxylation is 3. The van der Waals surface area contributed by atoms with Crippen molar-refractivity contribution >= 4 is 28.8 Å². The molecule has 0 saturated heterocycles. The molecule has 28 heavy (non-hydrogen) atoms. The van der Waals surface area contributed by atoms with Gasteiger partial charge in [0.05, 0.1) is 16.9 Å². The van der Waals surface area contributed by atoms with Gasteiger partial charge in [0, 0.05) is 24.5 Å². The van der Waals surface area contributed by atoms with E-state index in [0.717, 1.165) is 39.5 Å². The number of aromatic nitrogens is 4. The van der Waals surface area contributed by atoms with Gasteiger partial charge in [0.1, 0.15) is 11.9 Å². The molecule has 0 radical (unpaired) electrons. The summed E-state index contributed by atoms with van der Waals surface area (Å²) in [6.07, 6.45) is 3.87. The average Bonchev–Trinajstić information content (AvgIpc) is 3.32. The van der Waals surface area contributed by atoms with Crippen molar-refractivity contribution in [1.82, 2.24) is 19.2 Å². The molecule has 0 saturated carbocycles. The van der Waals surface area contributed by atoms with Crippen LogP contribution in [0.2, 0.25) is 5.02 Å². The van der Waals surface area contributed by atoms with Gasteiger partial charge in [0.15, 0.2) is 5.65 Å². The molecule has 1 atom stereocenters. The lowest BCUT2D eigenvalue weighted by molar-refractivity contribution is 0.0993. The lowest BCUT2D eigenvalue weighted by Gasteiger charge is -2.27. The van der Waals surface area contributed by atoms with Crippen molar-refractivity contribution in [1.29, 1.82) is 0 Å². The smallest absolute Gasteiger partial charge is 0.261 e. The molecule has 1 amide bonds. The number of anilines is 1. The fourth-order valence-electron chi connectivity index (χ4n) is 4.03. The zero-order valence-electron chi connectivity index (χ0n) is 15.7. The normalized spacial score (nSPS) is 16.2. The van der Waals surface area contributed by atoms with Crippen LogP contribution in [0, 0.1) is 13.8 Å². The highest BCUT2D eigenvalue weighted by Crippen LogP contribution is 2.42. The van der Waals surface area contributed by atoms with Crippen molar-refractivity contribution in [3.05, 3.63) is 82.0 Å². The van der Waals surface area contributed by atoms with Gasteiger partial charge in [-0.25, -0.2) is 0 Å². The van der Waals surface area contributed by atoms with E-state index < -0.39 is 0 Å². The van der Waals surface area contributed by atoms with Gasteiger partial charge in [-0.1, -0.05) is 23.7 Å². The second kappa shape index (κ2) is 5.94. The summed E-state index contributed by atoms with van der Waals surface area (Å²) in [4.78, 5) is 15.2. The van der Waals surface area contributed by atoms with E-state index in [9.17, 15) is 4.79 Å². The van der Waals surface area contributed by atoms with Crippen molar-refractivity contribution in [2.24, 2.45) is 7.05 Å². The first kappa shape index (κ1) is 17.0. The van der Waals surface area contributed by atoms with E-state index >= 15 is 0 Å². The number of fused-ring (bicyclic) bond motifs is 2. The Morgan fingerprint density at radius 1 is 1.07 bits per heavy atom. The number of pyridine rings is 1. The highest BCUT2D eigenvalue weighted by molar-refractivity contribution is 6.30. The first-order valence-electron chi connectivity index (χ1n) is 9.02. The van der Waals surface area contributed by atoms with Crippen molar-refractivity contribution in [2.75, 3.05) is 4.90 Å². The Balaban J connectivity index is 1.74. The minimum Gasteiger partial charge on any atom is -0.352 e. The number of amides is 1. The number of halogens is 1. The first-order chi connectivity index (χ1) is 13.5. The third-order valence-electron chi connectivity index (χ3n) is 5.40. The van der Waals surface area contributed by atoms with Crippen LogP contribution in [0.5, 0.6) is 0 Å². The predicted molar refractivity (Wildman–Crippen MR) is 108 cm³/mol. The zero-order valence-corrected chi connectivity index (χ0v) is 16.5. The van der Waals surface area contributed by atoms with Crippen LogP contribution in [-0.2, 0) is 7.05 Å². The second-order valence-corrected chi connectivity index (χ2v) is 7.61. The van der Waals surface area contributed by atoms with Crippen LogP contribution in [0.1, 0.15) is 39.0 Å². The number of nitrogens with zero attached hydrogens (tertiary/aromatic N) is 5. The summed E-state index contributed by atoms with van der Waals surface area (Å²) < 4.78 is 3.95. The molecule has 0 spiro atoms. The lowest BCUT2D eigenvalue weighted by Crippen LogP contribution is -2.29. The summed E-state index contributed by atoms with van der Waals surface area (Å²) in [6, 6.07) is 11.3. The van der Waals surface area contributed by atoms with Gasteiger partial charge in [-0.3, -0.25) is 14.1 Å². The molecule has 0 aliphatic carbocycles. The zero-order chi connectivity index (χ0) is 19.6. The molecule has 0 fully saturated rings. The number of hydrogen-bond donors (Lipinski definition) is 0. The topological polar surface area (TPSA) is 55.4 Å². The molecule has 6 nitrogen and oxygen atoms in total. The molecule has 1 unspecified atom stereocenters. The summed E-state index contributed by atoms with van der Waals surface area (Å²) in [5.41, 5.74) is 5.29. The molecule has 1 aromatic carbocycles. The van der Waals surface area contributed by atoms with Gasteiger partial charge in [0.25, 0.3) is 5.91 Å². The van der Waals surface area contributed by atoms with Gasteiger partial charge in [-0.2, -0.15) is 0 Å². The maximum atomic E-state index is 13.4. The summed E-state index contributed by atoms with van der Waals surface area (Å²) >= 11 is 6.10. The lowest BCUT2D eigenvalue weighted by atomic mass is 10.0. The highest BCUT2D eigenvalue weighted by atomic mass is 35.5. The Hall–Kier alpha value is -3.12. The molecular weight excluding hydrogens is 374 g/mol. The van der Waals surface area contributed by atoms with E-state index in [2.05, 4.69) is 10.2 Å². The SMILES string of the molecule is Cc1cc(N2C(=O)c3ccn(C)c3C2c2ccc(Cl)cc2)cn2c(C)nnc12. The standard InChI is InChI=1S/C21H18ClN5O/c1-12-10-16(11-26-13(2)23-24-20(12)26)27-18(14-4-6-15(22)7-5-14)19-17(21(27)28)8-9-25(19)3/h4-11,18H,1-3H3. The average molecular weight is 392 g/mol. The maximum Gasteiger partial charge on any atom is 0.261 e. The van der Waals surface area contributed by atoms with Crippen molar-refractivity contribution in [2.45, 2.75) is 19.9 Å². The van der Waals surface area contributed by atoms with E-state index in [4.69, 9.17) is 11.6 Å². The van der Waals surface area contributed by atoms with Gasteiger partial charge in [-0.05, 0) is 49.2 Å². The minimum absolute atomic E-state index is 0.0139. The van der Waals surface area contributed by atoms with Crippen molar-refractivity contribution < 1.29 is 4.79 Å². The first-order valence-corrected chi connectivity index (χ1v) is 9.39. The summed E-state index contributed by atoms with van der Waals surface area (Å²) in [5, 5.41) is 9.06. The third kappa shape index (κ3) is 2.31. The van der Waals surface area contributed by atoms with E-state index in [-0.39, 0.29) is 11.9 Å². The molecule has 140 valence electrons. The van der Waals surface area contributed by atoms with Crippen molar-refractivity contribution in [3.63, 3.8) is 0 Å². The van der Waals surface area contributed by atoms with Gasteiger partial charge in [0.2, 0.25) is 0 Å². The quantitative estimate of drug-likeness (QED) is 0.517. The fourth-order valence-corrected chi connectivity index (χ4v) is 4.16. The van der Waals surface area contributed by atoms with E-state index in [1.54, 1.807) is 0 Å². The Labute approximate surface area is 167 Å². The van der Waals surface area contributed by atoms with Crippen LogP contribution in [0.3, 0.4) is 0 Å². The number of hydrogen-bond acceptors (Lipinski definition) is 3. The van der Waals surface area contributed by atoms with Crippen LogP contribution in [0.15, 0.2) is 48.8 Å². The van der Waals surface area contributed by atoms with Crippen LogP contribution in [0.25, 0.3) is 5.65 Å². The number of benzene rings is 1. The molecule has 3 aromatic heterocycles. The summed E-state index contributed by atoms with van der Waals surface area (Å²) in [5.74, 6) is 0.771.